The van der Waals surface area contributed by atoms with E-state index in [-0.39, 0.29) is 87.7 Å². The Morgan fingerprint density at radius 1 is 0.933 bits per heavy atom. The SMILES string of the molecule is CC(C)[C@H](NC(=O)[C@@H]1CCCN1C(=O)[C@H](CC(=O)OCCCCN(C)C)NC(=O)CCOCCOCCOCCN)C(=O)N=[S@](C)(=O)Cc1cc2cc(c1)OCCCCOc1cc(F)ccc1-c1nc(ncc1F)N2. The predicted molar refractivity (Wildman–Crippen MR) is 275 cm³/mol. The van der Waals surface area contributed by atoms with E-state index in [1.807, 2.05) is 19.0 Å². The van der Waals surface area contributed by atoms with Crippen LogP contribution in [0.15, 0.2) is 47.0 Å². The Balaban J connectivity index is 1.26. The summed E-state index contributed by atoms with van der Waals surface area (Å²) in [6.45, 7) is 6.93. The van der Waals surface area contributed by atoms with E-state index in [1.54, 1.807) is 32.0 Å². The van der Waals surface area contributed by atoms with Crippen LogP contribution in [0, 0.1) is 17.6 Å². The molecule has 414 valence electrons. The Morgan fingerprint density at radius 2 is 1.65 bits per heavy atom. The number of nitrogens with one attached hydrogen (secondary N) is 3. The van der Waals surface area contributed by atoms with Gasteiger partial charge in [-0.2, -0.15) is 4.36 Å². The normalized spacial score (nSPS) is 16.2. The summed E-state index contributed by atoms with van der Waals surface area (Å²) in [7, 11) is 0.518. The number of fused-ring (bicyclic) bond motifs is 6. The lowest BCUT2D eigenvalue weighted by atomic mass is 10.0. The van der Waals surface area contributed by atoms with Gasteiger partial charge in [0.05, 0.1) is 87.6 Å². The number of ether oxygens (including phenoxy) is 6. The average Bonchev–Trinajstić information content (AvgIpc) is 3.85. The van der Waals surface area contributed by atoms with Crippen molar-refractivity contribution in [2.75, 3.05) is 105 Å². The fraction of sp³-hybridized carbons (Fsp3) is 0.588. The van der Waals surface area contributed by atoms with Gasteiger partial charge in [-0.15, -0.1) is 0 Å². The molecule has 21 nitrogen and oxygen atoms in total. The van der Waals surface area contributed by atoms with Gasteiger partial charge in [0.1, 0.15) is 41.1 Å². The Bertz CT molecular complexity index is 2510. The zero-order chi connectivity index (χ0) is 54.3. The number of halogens is 2. The van der Waals surface area contributed by atoms with Crippen molar-refractivity contribution in [2.24, 2.45) is 16.0 Å². The molecule has 2 aliphatic heterocycles. The lowest BCUT2D eigenvalue weighted by Crippen LogP contribution is -2.56. The minimum atomic E-state index is -3.35. The van der Waals surface area contributed by atoms with Gasteiger partial charge in [-0.05, 0) is 94.9 Å². The maximum Gasteiger partial charge on any atom is 0.308 e. The molecule has 0 saturated carbocycles. The van der Waals surface area contributed by atoms with E-state index in [0.29, 0.717) is 69.0 Å². The Morgan fingerprint density at radius 3 is 2.37 bits per heavy atom. The standard InChI is InChI=1S/C51H73F2N9O12S/c1-34(2)46(49(66)60-75(5,68)33-35-27-37-30-38(28-35)72-18-8-9-19-73-43-29-36(52)12-13-39(43)47-40(53)32-55-51(56-37)59-47)58-48(65)42-11-10-17-62(42)50(67)41(31-45(64)74-20-7-6-16-61(3)4)57-44(63)14-21-69-23-25-71-26-24-70-22-15-54/h12-13,27-30,32,34,41-42,46H,6-11,14-26,31,33,54H2,1-5H3,(H,57,63)(H,58,65)(H,55,56,59)/t41-,42-,46-,75+/m0/s1. The third kappa shape index (κ3) is 20.3. The van der Waals surface area contributed by atoms with Gasteiger partial charge < -0.3 is 59.9 Å². The number of anilines is 2. The first-order valence-electron chi connectivity index (χ1n) is 25.3. The van der Waals surface area contributed by atoms with Crippen LogP contribution in [0.2, 0.25) is 0 Å². The van der Waals surface area contributed by atoms with Crippen LogP contribution in [-0.2, 0) is 58.4 Å². The van der Waals surface area contributed by atoms with Crippen molar-refractivity contribution in [1.29, 1.82) is 0 Å². The highest BCUT2D eigenvalue weighted by atomic mass is 32.2. The first kappa shape index (κ1) is 60.0. The van der Waals surface area contributed by atoms with Crippen molar-refractivity contribution in [2.45, 2.75) is 89.1 Å². The van der Waals surface area contributed by atoms with Gasteiger partial charge in [0.15, 0.2) is 5.82 Å². The number of nitrogens with zero attached hydrogens (tertiary/aromatic N) is 5. The lowest BCUT2D eigenvalue weighted by molar-refractivity contribution is -0.149. The lowest BCUT2D eigenvalue weighted by Gasteiger charge is -2.30. The number of esters is 1. The summed E-state index contributed by atoms with van der Waals surface area (Å²) in [4.78, 5) is 80.3. The minimum Gasteiger partial charge on any atom is -0.494 e. The molecule has 3 heterocycles. The molecule has 0 unspecified atom stereocenters. The van der Waals surface area contributed by atoms with Crippen molar-refractivity contribution in [3.8, 4) is 22.8 Å². The van der Waals surface area contributed by atoms with E-state index in [4.69, 9.17) is 34.2 Å². The van der Waals surface area contributed by atoms with Gasteiger partial charge in [-0.1, -0.05) is 13.8 Å². The Hall–Kier alpha value is -5.92. The fourth-order valence-electron chi connectivity index (χ4n) is 8.09. The van der Waals surface area contributed by atoms with E-state index in [0.717, 1.165) is 19.2 Å². The summed E-state index contributed by atoms with van der Waals surface area (Å²) in [5.41, 5.74) is 6.34. The second kappa shape index (κ2) is 30.6. The molecule has 2 aromatic carbocycles. The number of hydrogen-bond donors (Lipinski definition) is 4. The van der Waals surface area contributed by atoms with Crippen molar-refractivity contribution in [3.05, 3.63) is 59.8 Å². The molecule has 4 amide bonds. The quantitative estimate of drug-likeness (QED) is 0.0650. The third-order valence-electron chi connectivity index (χ3n) is 11.8. The zero-order valence-electron chi connectivity index (χ0n) is 43.6. The minimum absolute atomic E-state index is 0.00942. The Kier molecular flexibility index (Phi) is 24.4. The number of nitrogens with two attached hydrogens (primary N) is 1. The maximum absolute atomic E-state index is 15.2. The molecular weight excluding hydrogens is 1000 g/mol. The van der Waals surface area contributed by atoms with Crippen molar-refractivity contribution in [3.63, 3.8) is 0 Å². The van der Waals surface area contributed by atoms with Gasteiger partial charge in [-0.3, -0.25) is 24.0 Å². The van der Waals surface area contributed by atoms with Crippen LogP contribution in [0.4, 0.5) is 20.4 Å². The molecule has 0 aliphatic carbocycles. The number of likely N-dealkylation sites (tertiary alicyclic amines) is 1. The molecule has 0 radical (unpaired) electrons. The highest BCUT2D eigenvalue weighted by molar-refractivity contribution is 7.92. The largest absolute Gasteiger partial charge is 0.494 e. The molecular formula is C51H73F2N9O12S. The van der Waals surface area contributed by atoms with E-state index in [1.165, 1.54) is 29.4 Å². The summed E-state index contributed by atoms with van der Waals surface area (Å²) >= 11 is 0. The number of amides is 4. The highest BCUT2D eigenvalue weighted by Gasteiger charge is 2.40. The molecule has 1 fully saturated rings. The molecule has 5 N–H and O–H groups in total. The summed E-state index contributed by atoms with van der Waals surface area (Å²) in [5, 5.41) is 8.43. The molecule has 5 rings (SSSR count). The molecule has 24 heteroatoms. The van der Waals surface area contributed by atoms with Crippen LogP contribution in [0.5, 0.6) is 11.5 Å². The van der Waals surface area contributed by atoms with Crippen molar-refractivity contribution in [1.82, 2.24) is 30.4 Å². The van der Waals surface area contributed by atoms with Crippen LogP contribution in [0.25, 0.3) is 11.3 Å². The third-order valence-corrected chi connectivity index (χ3v) is 13.2. The molecule has 4 atom stereocenters. The molecule has 4 bridgehead atoms. The molecule has 0 spiro atoms. The number of rotatable bonds is 26. The topological polar surface area (TPSA) is 265 Å². The van der Waals surface area contributed by atoms with Gasteiger partial charge >= 0.3 is 5.97 Å². The number of hydrogen-bond acceptors (Lipinski definition) is 17. The molecule has 3 aromatic rings. The Labute approximate surface area is 437 Å². The van der Waals surface area contributed by atoms with Crippen LogP contribution in [0.3, 0.4) is 0 Å². The number of unbranched alkanes of at least 4 members (excludes halogenated alkanes) is 1. The number of carbonyl (C=O) groups is 5. The number of benzene rings is 2. The van der Waals surface area contributed by atoms with Crippen LogP contribution >= 0.6 is 0 Å². The monoisotopic (exact) mass is 1070 g/mol. The van der Waals surface area contributed by atoms with Crippen molar-refractivity contribution >= 4 is 51.0 Å². The van der Waals surface area contributed by atoms with E-state index in [9.17, 15) is 32.6 Å². The van der Waals surface area contributed by atoms with Crippen LogP contribution < -0.4 is 31.2 Å². The second-order valence-electron chi connectivity index (χ2n) is 18.8. The number of carbonyl (C=O) groups excluding carboxylic acids is 5. The van der Waals surface area contributed by atoms with E-state index < -0.39 is 81.4 Å². The predicted octanol–water partition coefficient (Wildman–Crippen LogP) is 4.13. The van der Waals surface area contributed by atoms with Gasteiger partial charge in [0.25, 0.3) is 5.91 Å². The molecule has 75 heavy (non-hydrogen) atoms. The summed E-state index contributed by atoms with van der Waals surface area (Å²) in [5.74, 6) is -5.05. The smallest absolute Gasteiger partial charge is 0.308 e. The maximum atomic E-state index is 15.2. The van der Waals surface area contributed by atoms with Gasteiger partial charge in [0.2, 0.25) is 23.7 Å². The van der Waals surface area contributed by atoms with E-state index >= 15 is 4.39 Å². The van der Waals surface area contributed by atoms with Crippen molar-refractivity contribution < 1.29 is 65.4 Å². The summed E-state index contributed by atoms with van der Waals surface area (Å²) < 4.78 is 81.4. The first-order chi connectivity index (χ1) is 35.9. The summed E-state index contributed by atoms with van der Waals surface area (Å²) in [6.07, 6.45) is 4.74. The average molecular weight is 1070 g/mol. The molecule has 2 aliphatic rings. The molecule has 1 aromatic heterocycles. The number of aromatic nitrogens is 2. The van der Waals surface area contributed by atoms with Crippen LogP contribution in [-0.4, -0.2) is 171 Å². The van der Waals surface area contributed by atoms with Crippen LogP contribution in [0.1, 0.15) is 70.8 Å². The second-order valence-corrected chi connectivity index (χ2v) is 21.2. The van der Waals surface area contributed by atoms with Gasteiger partial charge in [-0.25, -0.2) is 23.0 Å². The van der Waals surface area contributed by atoms with Gasteiger partial charge in [0, 0.05) is 49.1 Å². The highest BCUT2D eigenvalue weighted by Crippen LogP contribution is 2.33. The molecule has 1 saturated heterocycles. The van der Waals surface area contributed by atoms with E-state index in [2.05, 4.69) is 30.3 Å². The summed E-state index contributed by atoms with van der Waals surface area (Å²) in [6, 6.07) is 5.00. The zero-order valence-corrected chi connectivity index (χ0v) is 44.4. The first-order valence-corrected chi connectivity index (χ1v) is 27.4. The fourth-order valence-corrected chi connectivity index (χ4v) is 9.43.